The first kappa shape index (κ1) is 20.8. The van der Waals surface area contributed by atoms with E-state index in [1.54, 1.807) is 36.4 Å². The van der Waals surface area contributed by atoms with Crippen LogP contribution in [0.3, 0.4) is 0 Å². The molecule has 2 aromatic carbocycles. The zero-order chi connectivity index (χ0) is 21.7. The van der Waals surface area contributed by atoms with E-state index < -0.39 is 30.0 Å². The number of rotatable bonds is 8. The van der Waals surface area contributed by atoms with Gasteiger partial charge in [0.25, 0.3) is 5.56 Å². The minimum atomic E-state index is -1.17. The molecule has 0 saturated carbocycles. The van der Waals surface area contributed by atoms with Crippen LogP contribution in [0.1, 0.15) is 5.56 Å². The van der Waals surface area contributed by atoms with Crippen LogP contribution < -0.4 is 20.3 Å². The predicted molar refractivity (Wildman–Crippen MR) is 109 cm³/mol. The molecular formula is C21H21N3O6. The van der Waals surface area contributed by atoms with Gasteiger partial charge in [-0.15, -0.1) is 0 Å². The quantitative estimate of drug-likeness (QED) is 0.572. The fourth-order valence-electron chi connectivity index (χ4n) is 3.12. The van der Waals surface area contributed by atoms with Gasteiger partial charge < -0.3 is 19.9 Å². The lowest BCUT2D eigenvalue weighted by Crippen LogP contribution is -2.44. The first-order valence-electron chi connectivity index (χ1n) is 9.11. The van der Waals surface area contributed by atoms with Crippen molar-refractivity contribution in [3.05, 3.63) is 64.6 Å². The number of nitrogens with one attached hydrogen (secondary N) is 1. The van der Waals surface area contributed by atoms with Gasteiger partial charge in [-0.3, -0.25) is 9.59 Å². The number of ether oxygens (including phenoxy) is 2. The van der Waals surface area contributed by atoms with Gasteiger partial charge in [0.2, 0.25) is 5.91 Å². The van der Waals surface area contributed by atoms with Crippen molar-refractivity contribution < 1.29 is 24.2 Å². The third-order valence-electron chi connectivity index (χ3n) is 4.57. The van der Waals surface area contributed by atoms with Gasteiger partial charge >= 0.3 is 5.97 Å². The fourth-order valence-corrected chi connectivity index (χ4v) is 3.12. The number of carboxylic acid groups (broad SMARTS) is 1. The summed E-state index contributed by atoms with van der Waals surface area (Å²) in [5.41, 5.74) is 0.219. The summed E-state index contributed by atoms with van der Waals surface area (Å²) in [6.45, 7) is -0.437. The molecule has 0 bridgehead atoms. The number of carbonyl (C=O) groups excluding carboxylic acids is 1. The number of amides is 1. The highest BCUT2D eigenvalue weighted by Gasteiger charge is 2.22. The largest absolute Gasteiger partial charge is 0.493 e. The minimum absolute atomic E-state index is 0.118. The second kappa shape index (κ2) is 9.08. The van der Waals surface area contributed by atoms with E-state index in [0.717, 1.165) is 10.2 Å². The number of hydrogen-bond donors (Lipinski definition) is 2. The average molecular weight is 411 g/mol. The Morgan fingerprint density at radius 3 is 2.50 bits per heavy atom. The molecule has 9 heteroatoms. The van der Waals surface area contributed by atoms with Crippen LogP contribution in [-0.4, -0.2) is 47.0 Å². The standard InChI is InChI=1S/C21H21N3O6/c1-29-16-9-8-14-11-22-24(20(26)18(14)19(16)30-2)12-17(25)23-15(21(27)28)10-13-6-4-3-5-7-13/h3-9,11,15H,10,12H2,1-2H3,(H,23,25)(H,27,28)/t15-/m1/s1. The molecule has 3 rings (SSSR count). The van der Waals surface area contributed by atoms with E-state index in [9.17, 15) is 19.5 Å². The molecule has 1 heterocycles. The molecule has 0 unspecified atom stereocenters. The van der Waals surface area contributed by atoms with Gasteiger partial charge in [0.15, 0.2) is 11.5 Å². The molecule has 0 aliphatic carbocycles. The van der Waals surface area contributed by atoms with Gasteiger partial charge in [-0.2, -0.15) is 5.10 Å². The number of carboxylic acids is 1. The summed E-state index contributed by atoms with van der Waals surface area (Å²) < 4.78 is 11.5. The Hall–Kier alpha value is -3.88. The topological polar surface area (TPSA) is 120 Å². The maximum Gasteiger partial charge on any atom is 0.326 e. The van der Waals surface area contributed by atoms with Crippen molar-refractivity contribution >= 4 is 22.6 Å². The molecule has 0 fully saturated rings. The molecule has 2 N–H and O–H groups in total. The summed E-state index contributed by atoms with van der Waals surface area (Å²) in [6, 6.07) is 11.1. The molecule has 156 valence electrons. The molecule has 0 spiro atoms. The molecule has 1 aromatic heterocycles. The Morgan fingerprint density at radius 1 is 1.13 bits per heavy atom. The van der Waals surface area contributed by atoms with Gasteiger partial charge in [-0.1, -0.05) is 30.3 Å². The van der Waals surface area contributed by atoms with Crippen molar-refractivity contribution in [1.29, 1.82) is 0 Å². The normalized spacial score (nSPS) is 11.7. The van der Waals surface area contributed by atoms with E-state index in [1.807, 2.05) is 6.07 Å². The fraction of sp³-hybridized carbons (Fsp3) is 0.238. The smallest absolute Gasteiger partial charge is 0.326 e. The first-order valence-corrected chi connectivity index (χ1v) is 9.11. The third kappa shape index (κ3) is 4.40. The molecule has 0 aliphatic rings. The number of nitrogens with zero attached hydrogens (tertiary/aromatic N) is 2. The van der Waals surface area contributed by atoms with Crippen LogP contribution in [0.4, 0.5) is 0 Å². The van der Waals surface area contributed by atoms with Crippen molar-refractivity contribution in [3.8, 4) is 11.5 Å². The van der Waals surface area contributed by atoms with E-state index in [4.69, 9.17) is 9.47 Å². The van der Waals surface area contributed by atoms with Crippen LogP contribution in [-0.2, 0) is 22.6 Å². The lowest BCUT2D eigenvalue weighted by molar-refractivity contribution is -0.141. The van der Waals surface area contributed by atoms with Crippen LogP contribution in [0.15, 0.2) is 53.5 Å². The SMILES string of the molecule is COc1ccc2cnn(CC(=O)N[C@H](Cc3ccccc3)C(=O)O)c(=O)c2c1OC. The van der Waals surface area contributed by atoms with Gasteiger partial charge in [0.1, 0.15) is 12.6 Å². The second-order valence-electron chi connectivity index (χ2n) is 6.52. The molecular weight excluding hydrogens is 390 g/mol. The Bertz CT molecular complexity index is 1130. The number of aromatic nitrogens is 2. The zero-order valence-corrected chi connectivity index (χ0v) is 16.5. The summed E-state index contributed by atoms with van der Waals surface area (Å²) in [5.74, 6) is -1.20. The van der Waals surface area contributed by atoms with Crippen LogP contribution in [0.2, 0.25) is 0 Å². The Labute approximate surface area is 171 Å². The van der Waals surface area contributed by atoms with Crippen LogP contribution in [0.5, 0.6) is 11.5 Å². The Balaban J connectivity index is 1.84. The third-order valence-corrected chi connectivity index (χ3v) is 4.57. The van der Waals surface area contributed by atoms with E-state index >= 15 is 0 Å². The van der Waals surface area contributed by atoms with Gasteiger partial charge in [0.05, 0.1) is 25.8 Å². The highest BCUT2D eigenvalue weighted by atomic mass is 16.5. The molecule has 0 saturated heterocycles. The van der Waals surface area contributed by atoms with Crippen molar-refractivity contribution in [2.75, 3.05) is 14.2 Å². The maximum atomic E-state index is 12.9. The van der Waals surface area contributed by atoms with Crippen molar-refractivity contribution in [2.24, 2.45) is 0 Å². The predicted octanol–water partition coefficient (Wildman–Crippen LogP) is 1.23. The monoisotopic (exact) mass is 411 g/mol. The number of fused-ring (bicyclic) bond motifs is 1. The lowest BCUT2D eigenvalue weighted by atomic mass is 10.1. The second-order valence-corrected chi connectivity index (χ2v) is 6.52. The van der Waals surface area contributed by atoms with E-state index in [1.165, 1.54) is 20.4 Å². The number of aliphatic carboxylic acids is 1. The molecule has 9 nitrogen and oxygen atoms in total. The summed E-state index contributed by atoms with van der Waals surface area (Å²) in [6.07, 6.45) is 1.55. The molecule has 3 aromatic rings. The molecule has 0 radical (unpaired) electrons. The first-order chi connectivity index (χ1) is 14.4. The Kier molecular flexibility index (Phi) is 6.31. The highest BCUT2D eigenvalue weighted by Crippen LogP contribution is 2.32. The van der Waals surface area contributed by atoms with Crippen LogP contribution in [0, 0.1) is 0 Å². The van der Waals surface area contributed by atoms with E-state index in [-0.39, 0.29) is 17.6 Å². The summed E-state index contributed by atoms with van der Waals surface area (Å²) in [5, 5.41) is 16.7. The molecule has 0 aliphatic heterocycles. The zero-order valence-electron chi connectivity index (χ0n) is 16.5. The number of carbonyl (C=O) groups is 2. The van der Waals surface area contributed by atoms with Gasteiger partial charge in [-0.25, -0.2) is 9.48 Å². The highest BCUT2D eigenvalue weighted by molar-refractivity contribution is 5.89. The average Bonchev–Trinajstić information content (AvgIpc) is 2.75. The van der Waals surface area contributed by atoms with Crippen LogP contribution in [0.25, 0.3) is 10.8 Å². The number of benzene rings is 2. The van der Waals surface area contributed by atoms with Crippen molar-refractivity contribution in [2.45, 2.75) is 19.0 Å². The molecule has 1 amide bonds. The Morgan fingerprint density at radius 2 is 1.87 bits per heavy atom. The summed E-state index contributed by atoms with van der Waals surface area (Å²) in [4.78, 5) is 36.9. The number of methoxy groups -OCH3 is 2. The van der Waals surface area contributed by atoms with E-state index in [0.29, 0.717) is 11.1 Å². The van der Waals surface area contributed by atoms with Crippen molar-refractivity contribution in [1.82, 2.24) is 15.1 Å². The van der Waals surface area contributed by atoms with Gasteiger partial charge in [-0.05, 0) is 17.7 Å². The molecule has 30 heavy (non-hydrogen) atoms. The van der Waals surface area contributed by atoms with Gasteiger partial charge in [0, 0.05) is 11.8 Å². The van der Waals surface area contributed by atoms with Crippen molar-refractivity contribution in [3.63, 3.8) is 0 Å². The van der Waals surface area contributed by atoms with E-state index in [2.05, 4.69) is 10.4 Å². The molecule has 1 atom stereocenters. The maximum absolute atomic E-state index is 12.9. The minimum Gasteiger partial charge on any atom is -0.493 e. The summed E-state index contributed by atoms with van der Waals surface area (Å²) >= 11 is 0. The lowest BCUT2D eigenvalue weighted by Gasteiger charge is -2.15. The summed E-state index contributed by atoms with van der Waals surface area (Å²) in [7, 11) is 2.87. The van der Waals surface area contributed by atoms with Crippen LogP contribution >= 0.6 is 0 Å². The number of hydrogen-bond acceptors (Lipinski definition) is 6.